The second kappa shape index (κ2) is 9.24. The normalized spacial score (nSPS) is 13.0. The number of nitrogens with one attached hydrogen (secondary N) is 1. The molecule has 1 atom stereocenters. The smallest absolute Gasteiger partial charge is 0.244 e. The third-order valence-corrected chi connectivity index (χ3v) is 2.06. The largest absolute Gasteiger partial charge is 0.379 e. The van der Waals surface area contributed by atoms with Crippen molar-refractivity contribution in [3.8, 4) is 0 Å². The molecule has 1 amide bonds. The molecule has 1 N–H and O–H groups in total. The number of ketones is 1. The molecule has 17 heavy (non-hydrogen) atoms. The molecule has 0 saturated carbocycles. The van der Waals surface area contributed by atoms with Crippen molar-refractivity contribution in [2.24, 2.45) is 5.92 Å². The summed E-state index contributed by atoms with van der Waals surface area (Å²) >= 11 is 3.96. The van der Waals surface area contributed by atoms with Crippen LogP contribution in [0.2, 0.25) is 0 Å². The van der Waals surface area contributed by atoms with Crippen LogP contribution in [0.25, 0.3) is 0 Å². The zero-order chi connectivity index (χ0) is 13.3. The molecule has 0 rings (SSSR count). The van der Waals surface area contributed by atoms with E-state index in [1.165, 1.54) is 12.2 Å². The van der Waals surface area contributed by atoms with Gasteiger partial charge in [0.2, 0.25) is 5.91 Å². The van der Waals surface area contributed by atoms with Gasteiger partial charge in [0, 0.05) is 19.2 Å². The summed E-state index contributed by atoms with van der Waals surface area (Å²) in [5, 5.41) is 2.24. The Morgan fingerprint density at radius 3 is 2.47 bits per heavy atom. The van der Waals surface area contributed by atoms with Crippen LogP contribution in [-0.4, -0.2) is 36.7 Å². The molecule has 0 saturated heterocycles. The van der Waals surface area contributed by atoms with Crippen LogP contribution in [0.4, 0.5) is 0 Å². The van der Waals surface area contributed by atoms with E-state index in [0.717, 1.165) is 0 Å². The minimum atomic E-state index is -0.381. The highest BCUT2D eigenvalue weighted by Crippen LogP contribution is 1.95. The first-order chi connectivity index (χ1) is 7.93. The first-order valence-corrected chi connectivity index (χ1v) is 6.20. The Kier molecular flexibility index (Phi) is 8.80. The number of ether oxygens (including phenoxy) is 1. The number of carbonyl (C=O) groups is 2. The predicted molar refractivity (Wildman–Crippen MR) is 71.3 cm³/mol. The molecule has 0 bridgehead atoms. The van der Waals surface area contributed by atoms with E-state index >= 15 is 0 Å². The van der Waals surface area contributed by atoms with Gasteiger partial charge in [-0.2, -0.15) is 12.6 Å². The van der Waals surface area contributed by atoms with E-state index in [-0.39, 0.29) is 16.9 Å². The maximum atomic E-state index is 11.2. The van der Waals surface area contributed by atoms with Crippen molar-refractivity contribution >= 4 is 24.3 Å². The Bertz CT molecular complexity index is 275. The third-order valence-electron chi connectivity index (χ3n) is 1.81. The van der Waals surface area contributed by atoms with E-state index in [4.69, 9.17) is 4.74 Å². The molecule has 0 aromatic heterocycles. The van der Waals surface area contributed by atoms with E-state index in [9.17, 15) is 9.59 Å². The number of carbonyl (C=O) groups excluding carboxylic acids is 2. The van der Waals surface area contributed by atoms with Crippen molar-refractivity contribution in [1.29, 1.82) is 0 Å². The predicted octanol–water partition coefficient (Wildman–Crippen LogP) is 1.22. The topological polar surface area (TPSA) is 55.4 Å². The molecule has 0 aliphatic carbocycles. The molecule has 5 heteroatoms. The lowest BCUT2D eigenvalue weighted by atomic mass is 10.2. The fraction of sp³-hybridized carbons (Fsp3) is 0.667. The number of rotatable bonds is 8. The van der Waals surface area contributed by atoms with Crippen LogP contribution >= 0.6 is 12.6 Å². The summed E-state index contributed by atoms with van der Waals surface area (Å²) in [6, 6.07) is 0. The summed E-state index contributed by atoms with van der Waals surface area (Å²) in [5.74, 6) is 0.0140. The Morgan fingerprint density at radius 1 is 1.29 bits per heavy atom. The Hall–Kier alpha value is -0.810. The average Bonchev–Trinajstić information content (AvgIpc) is 2.24. The maximum absolute atomic E-state index is 11.2. The van der Waals surface area contributed by atoms with Gasteiger partial charge in [0.15, 0.2) is 5.78 Å². The van der Waals surface area contributed by atoms with Crippen molar-refractivity contribution in [2.75, 3.05) is 19.8 Å². The molecule has 98 valence electrons. The van der Waals surface area contributed by atoms with Gasteiger partial charge in [-0.05, 0) is 18.9 Å². The van der Waals surface area contributed by atoms with Crippen LogP contribution in [0.3, 0.4) is 0 Å². The van der Waals surface area contributed by atoms with Crippen LogP contribution in [0.15, 0.2) is 12.2 Å². The summed E-state index contributed by atoms with van der Waals surface area (Å²) in [5.41, 5.74) is 0. The van der Waals surface area contributed by atoms with Crippen LogP contribution in [-0.2, 0) is 14.3 Å². The monoisotopic (exact) mass is 259 g/mol. The minimum Gasteiger partial charge on any atom is -0.379 e. The Labute approximate surface area is 108 Å². The van der Waals surface area contributed by atoms with Crippen LogP contribution in [0, 0.1) is 5.92 Å². The molecular weight excluding hydrogens is 238 g/mol. The summed E-state index contributed by atoms with van der Waals surface area (Å²) in [4.78, 5) is 22.4. The standard InChI is InChI=1S/C12H21NO3S/c1-9(2)8-16-7-6-13-12(15)5-4-11(14)10(3)17/h4-5,9-10,17H,6-8H2,1-3H3,(H,13,15)/b5-4-. The van der Waals surface area contributed by atoms with Gasteiger partial charge < -0.3 is 10.1 Å². The molecule has 0 fully saturated rings. The Morgan fingerprint density at radius 2 is 1.94 bits per heavy atom. The van der Waals surface area contributed by atoms with Crippen molar-refractivity contribution in [3.05, 3.63) is 12.2 Å². The Balaban J connectivity index is 3.63. The third kappa shape index (κ3) is 10.1. The quantitative estimate of drug-likeness (QED) is 0.391. The minimum absolute atomic E-state index is 0.181. The zero-order valence-electron chi connectivity index (χ0n) is 10.6. The zero-order valence-corrected chi connectivity index (χ0v) is 11.5. The van der Waals surface area contributed by atoms with E-state index < -0.39 is 0 Å². The first-order valence-electron chi connectivity index (χ1n) is 5.69. The highest BCUT2D eigenvalue weighted by atomic mass is 32.1. The highest BCUT2D eigenvalue weighted by molar-refractivity contribution is 7.81. The van der Waals surface area contributed by atoms with Crippen molar-refractivity contribution in [1.82, 2.24) is 5.32 Å². The van der Waals surface area contributed by atoms with E-state index in [1.54, 1.807) is 6.92 Å². The molecule has 0 heterocycles. The van der Waals surface area contributed by atoms with Crippen LogP contribution < -0.4 is 5.32 Å². The molecule has 0 aliphatic rings. The molecule has 0 spiro atoms. The summed E-state index contributed by atoms with van der Waals surface area (Å²) in [6.45, 7) is 7.39. The van der Waals surface area contributed by atoms with Gasteiger partial charge in [0.1, 0.15) is 0 Å². The maximum Gasteiger partial charge on any atom is 0.244 e. The number of allylic oxidation sites excluding steroid dienone is 1. The van der Waals surface area contributed by atoms with Gasteiger partial charge in [0.05, 0.1) is 11.9 Å². The van der Waals surface area contributed by atoms with Crippen LogP contribution in [0.5, 0.6) is 0 Å². The van der Waals surface area contributed by atoms with Crippen molar-refractivity contribution in [3.63, 3.8) is 0 Å². The molecule has 0 aromatic rings. The van der Waals surface area contributed by atoms with Gasteiger partial charge in [-0.15, -0.1) is 0 Å². The summed E-state index contributed by atoms with van der Waals surface area (Å²) in [7, 11) is 0. The number of thiol groups is 1. The van der Waals surface area contributed by atoms with Gasteiger partial charge in [0.25, 0.3) is 0 Å². The van der Waals surface area contributed by atoms with E-state index in [0.29, 0.717) is 25.7 Å². The number of hydrogen-bond donors (Lipinski definition) is 2. The molecule has 0 aromatic carbocycles. The molecular formula is C12H21NO3S. The number of hydrogen-bond acceptors (Lipinski definition) is 4. The number of amides is 1. The molecule has 1 unspecified atom stereocenters. The van der Waals surface area contributed by atoms with E-state index in [1.807, 2.05) is 0 Å². The highest BCUT2D eigenvalue weighted by Gasteiger charge is 2.03. The van der Waals surface area contributed by atoms with E-state index in [2.05, 4.69) is 31.8 Å². The molecule has 4 nitrogen and oxygen atoms in total. The lowest BCUT2D eigenvalue weighted by Gasteiger charge is -2.06. The van der Waals surface area contributed by atoms with Gasteiger partial charge in [-0.25, -0.2) is 0 Å². The second-order valence-electron chi connectivity index (χ2n) is 4.17. The second-order valence-corrected chi connectivity index (χ2v) is 4.95. The SMILES string of the molecule is CC(C)COCCNC(=O)/C=C\C(=O)C(C)S. The fourth-order valence-corrected chi connectivity index (χ4v) is 1.01. The summed E-state index contributed by atoms with van der Waals surface area (Å²) in [6.07, 6.45) is 2.46. The lowest BCUT2D eigenvalue weighted by Crippen LogP contribution is -2.26. The van der Waals surface area contributed by atoms with Gasteiger partial charge in [-0.3, -0.25) is 9.59 Å². The van der Waals surface area contributed by atoms with Crippen molar-refractivity contribution in [2.45, 2.75) is 26.0 Å². The molecule has 0 aliphatic heterocycles. The van der Waals surface area contributed by atoms with Crippen molar-refractivity contribution < 1.29 is 14.3 Å². The van der Waals surface area contributed by atoms with Gasteiger partial charge in [-0.1, -0.05) is 13.8 Å². The summed E-state index contributed by atoms with van der Waals surface area (Å²) < 4.78 is 5.29. The fourth-order valence-electron chi connectivity index (χ4n) is 0.921. The molecule has 0 radical (unpaired) electrons. The van der Waals surface area contributed by atoms with Gasteiger partial charge >= 0.3 is 0 Å². The van der Waals surface area contributed by atoms with Crippen LogP contribution in [0.1, 0.15) is 20.8 Å². The average molecular weight is 259 g/mol. The first kappa shape index (κ1) is 16.2. The lowest BCUT2D eigenvalue weighted by molar-refractivity contribution is -0.117.